The topological polar surface area (TPSA) is 114 Å². The molecule has 4 aromatic rings. The Hall–Kier alpha value is -4.52. The maximum Gasteiger partial charge on any atom is 0.356 e. The Morgan fingerprint density at radius 3 is 2.80 bits per heavy atom. The summed E-state index contributed by atoms with van der Waals surface area (Å²) in [6.45, 7) is 4.72. The van der Waals surface area contributed by atoms with Gasteiger partial charge < -0.3 is 14.8 Å². The van der Waals surface area contributed by atoms with E-state index in [9.17, 15) is 14.4 Å². The summed E-state index contributed by atoms with van der Waals surface area (Å²) in [5.74, 6) is 0.235. The first-order valence-corrected chi connectivity index (χ1v) is 11.1. The molecule has 0 saturated heterocycles. The van der Waals surface area contributed by atoms with Crippen LogP contribution >= 0.6 is 0 Å². The number of esters is 1. The summed E-state index contributed by atoms with van der Waals surface area (Å²) < 4.78 is 26.4. The van der Waals surface area contributed by atoms with E-state index in [1.54, 1.807) is 35.0 Å². The molecule has 0 atom stereocenters. The summed E-state index contributed by atoms with van der Waals surface area (Å²) in [6.07, 6.45) is 5.30. The molecule has 0 unspecified atom stereocenters. The van der Waals surface area contributed by atoms with Gasteiger partial charge in [0.2, 0.25) is 5.95 Å². The SMILES string of the molecule is CC.COC(=O)c1ccc(-c2cnc(NCc3c(F)ccc4c3CCO4)n3cc(C#N)nc23)cn1. The standard InChI is InChI=1S/C23H17FN6O3.C2H6/c1-32-22(31)19-4-2-13(9-26-19)16-10-27-23(30-12-14(8-25)29-21(16)30)28-11-17-15-6-7-33-20(15)5-3-18(17)24;1-2/h2-5,9-10,12H,6-7,11H2,1H3,(H,27,28);1-2H3. The molecule has 0 saturated carbocycles. The van der Waals surface area contributed by atoms with Gasteiger partial charge in [-0.1, -0.05) is 19.9 Å². The first kappa shape index (κ1) is 23.6. The molecule has 1 aromatic carbocycles. The lowest BCUT2D eigenvalue weighted by molar-refractivity contribution is 0.0594. The van der Waals surface area contributed by atoms with Crippen molar-refractivity contribution in [1.29, 1.82) is 5.26 Å². The predicted octanol–water partition coefficient (Wildman–Crippen LogP) is 4.16. The molecule has 0 fully saturated rings. The van der Waals surface area contributed by atoms with Gasteiger partial charge in [0.1, 0.15) is 23.3 Å². The van der Waals surface area contributed by atoms with Gasteiger partial charge in [-0.3, -0.25) is 4.40 Å². The normalized spacial score (nSPS) is 11.6. The third kappa shape index (κ3) is 4.48. The van der Waals surface area contributed by atoms with Crippen LogP contribution in [0.3, 0.4) is 0 Å². The number of aromatic nitrogens is 4. The van der Waals surface area contributed by atoms with Crippen LogP contribution in [0, 0.1) is 17.1 Å². The average Bonchev–Trinajstić information content (AvgIpc) is 3.56. The number of halogens is 1. The number of imidazole rings is 1. The second-order valence-electron chi connectivity index (χ2n) is 7.31. The highest BCUT2D eigenvalue weighted by atomic mass is 19.1. The summed E-state index contributed by atoms with van der Waals surface area (Å²) in [4.78, 5) is 24.6. The number of benzene rings is 1. The number of nitrogens with one attached hydrogen (secondary N) is 1. The van der Waals surface area contributed by atoms with Gasteiger partial charge in [-0.2, -0.15) is 5.26 Å². The van der Waals surface area contributed by atoms with Crippen LogP contribution in [0.25, 0.3) is 16.8 Å². The van der Waals surface area contributed by atoms with Gasteiger partial charge in [0.05, 0.1) is 19.9 Å². The number of carbonyl (C=O) groups is 1. The van der Waals surface area contributed by atoms with E-state index in [4.69, 9.17) is 4.74 Å². The van der Waals surface area contributed by atoms with E-state index in [-0.39, 0.29) is 23.7 Å². The number of nitrogens with zero attached hydrogens (tertiary/aromatic N) is 5. The van der Waals surface area contributed by atoms with Crippen molar-refractivity contribution in [2.24, 2.45) is 0 Å². The number of hydrogen-bond donors (Lipinski definition) is 1. The molecule has 9 nitrogen and oxygen atoms in total. The first-order chi connectivity index (χ1) is 17.1. The van der Waals surface area contributed by atoms with Gasteiger partial charge in [0.25, 0.3) is 0 Å². The molecule has 0 radical (unpaired) electrons. The van der Waals surface area contributed by atoms with Crippen LogP contribution in [0.5, 0.6) is 5.75 Å². The van der Waals surface area contributed by atoms with Crippen LogP contribution in [0.15, 0.2) is 42.9 Å². The predicted molar refractivity (Wildman–Crippen MR) is 127 cm³/mol. The first-order valence-electron chi connectivity index (χ1n) is 11.1. The lowest BCUT2D eigenvalue weighted by Gasteiger charge is -2.13. The van der Waals surface area contributed by atoms with E-state index >= 15 is 0 Å². The maximum absolute atomic E-state index is 14.5. The zero-order chi connectivity index (χ0) is 24.9. The van der Waals surface area contributed by atoms with E-state index in [2.05, 4.69) is 25.0 Å². The van der Waals surface area contributed by atoms with Gasteiger partial charge in [0, 0.05) is 47.6 Å². The van der Waals surface area contributed by atoms with Crippen molar-refractivity contribution in [2.75, 3.05) is 19.0 Å². The van der Waals surface area contributed by atoms with Crippen LogP contribution < -0.4 is 10.1 Å². The Morgan fingerprint density at radius 1 is 1.26 bits per heavy atom. The zero-order valence-corrected chi connectivity index (χ0v) is 19.5. The molecule has 35 heavy (non-hydrogen) atoms. The van der Waals surface area contributed by atoms with Gasteiger partial charge in [-0.25, -0.2) is 24.1 Å². The van der Waals surface area contributed by atoms with Crippen LogP contribution in [0.4, 0.5) is 10.3 Å². The molecule has 10 heteroatoms. The molecule has 0 amide bonds. The number of anilines is 1. The van der Waals surface area contributed by atoms with Crippen molar-refractivity contribution in [2.45, 2.75) is 26.8 Å². The minimum absolute atomic E-state index is 0.172. The molecule has 0 spiro atoms. The molecule has 1 N–H and O–H groups in total. The number of ether oxygens (including phenoxy) is 2. The number of pyridine rings is 1. The minimum Gasteiger partial charge on any atom is -0.493 e. The monoisotopic (exact) mass is 474 g/mol. The molecule has 1 aliphatic heterocycles. The summed E-state index contributed by atoms with van der Waals surface area (Å²) in [5.41, 5.74) is 3.48. The quantitative estimate of drug-likeness (QED) is 0.429. The molecular weight excluding hydrogens is 451 g/mol. The summed E-state index contributed by atoms with van der Waals surface area (Å²) >= 11 is 0. The molecular formula is C25H23FN6O3. The number of methoxy groups -OCH3 is 1. The second kappa shape index (κ2) is 10.2. The number of fused-ring (bicyclic) bond motifs is 2. The highest BCUT2D eigenvalue weighted by molar-refractivity contribution is 5.88. The summed E-state index contributed by atoms with van der Waals surface area (Å²) in [5, 5.41) is 12.5. The van der Waals surface area contributed by atoms with E-state index < -0.39 is 5.97 Å². The number of rotatable bonds is 5. The number of nitriles is 1. The van der Waals surface area contributed by atoms with Crippen LogP contribution in [0.1, 0.15) is 41.2 Å². The highest BCUT2D eigenvalue weighted by Crippen LogP contribution is 2.31. The molecule has 0 aliphatic carbocycles. The number of hydrogen-bond acceptors (Lipinski definition) is 8. The third-order valence-corrected chi connectivity index (χ3v) is 5.44. The van der Waals surface area contributed by atoms with Gasteiger partial charge >= 0.3 is 5.97 Å². The molecule has 1 aliphatic rings. The van der Waals surface area contributed by atoms with Crippen molar-refractivity contribution in [1.82, 2.24) is 19.4 Å². The Kier molecular flexibility index (Phi) is 6.87. The van der Waals surface area contributed by atoms with Crippen molar-refractivity contribution in [3.63, 3.8) is 0 Å². The Labute approximate surface area is 201 Å². The van der Waals surface area contributed by atoms with Gasteiger partial charge in [-0.05, 0) is 18.2 Å². The maximum atomic E-state index is 14.5. The fourth-order valence-electron chi connectivity index (χ4n) is 3.82. The largest absolute Gasteiger partial charge is 0.493 e. The van der Waals surface area contributed by atoms with Crippen LogP contribution in [-0.2, 0) is 17.7 Å². The molecule has 3 aromatic heterocycles. The van der Waals surface area contributed by atoms with Crippen molar-refractivity contribution >= 4 is 17.6 Å². The Bertz CT molecular complexity index is 1430. The fraction of sp³-hybridized carbons (Fsp3) is 0.240. The van der Waals surface area contributed by atoms with Gasteiger partial charge in [-0.15, -0.1) is 0 Å². The van der Waals surface area contributed by atoms with E-state index in [1.807, 2.05) is 19.9 Å². The van der Waals surface area contributed by atoms with Crippen LogP contribution in [-0.4, -0.2) is 39.0 Å². The Morgan fingerprint density at radius 2 is 2.09 bits per heavy atom. The second-order valence-corrected chi connectivity index (χ2v) is 7.31. The molecule has 5 rings (SSSR count). The minimum atomic E-state index is -0.540. The smallest absolute Gasteiger partial charge is 0.356 e. The number of carbonyl (C=O) groups excluding carboxylic acids is 1. The summed E-state index contributed by atoms with van der Waals surface area (Å²) in [7, 11) is 1.29. The fourth-order valence-corrected chi connectivity index (χ4v) is 3.82. The van der Waals surface area contributed by atoms with Gasteiger partial charge in [0.15, 0.2) is 11.3 Å². The summed E-state index contributed by atoms with van der Waals surface area (Å²) in [6, 6.07) is 8.30. The molecule has 178 valence electrons. The third-order valence-electron chi connectivity index (χ3n) is 5.44. The zero-order valence-electron chi connectivity index (χ0n) is 19.5. The Balaban J connectivity index is 0.00000141. The lowest BCUT2D eigenvalue weighted by atomic mass is 10.0. The molecule has 0 bridgehead atoms. The highest BCUT2D eigenvalue weighted by Gasteiger charge is 2.20. The molecule has 4 heterocycles. The van der Waals surface area contributed by atoms with Crippen molar-refractivity contribution < 1.29 is 18.7 Å². The van der Waals surface area contributed by atoms with Crippen molar-refractivity contribution in [3.8, 4) is 22.9 Å². The average molecular weight is 474 g/mol. The van der Waals surface area contributed by atoms with E-state index in [0.29, 0.717) is 47.1 Å². The van der Waals surface area contributed by atoms with E-state index in [0.717, 1.165) is 5.56 Å². The van der Waals surface area contributed by atoms with Crippen molar-refractivity contribution in [3.05, 3.63) is 71.2 Å². The lowest BCUT2D eigenvalue weighted by Crippen LogP contribution is -2.10. The van der Waals surface area contributed by atoms with E-state index in [1.165, 1.54) is 19.4 Å². The van der Waals surface area contributed by atoms with Crippen LogP contribution in [0.2, 0.25) is 0 Å².